The van der Waals surface area contributed by atoms with Gasteiger partial charge in [-0.15, -0.1) is 0 Å². The number of para-hydroxylation sites is 1. The maximum Gasteiger partial charge on any atom is 0.251 e. The van der Waals surface area contributed by atoms with Gasteiger partial charge in [0.05, 0.1) is 30.9 Å². The summed E-state index contributed by atoms with van der Waals surface area (Å²) in [5, 5.41) is 8.71. The molecule has 0 bridgehead atoms. The predicted octanol–water partition coefficient (Wildman–Crippen LogP) is 3.54. The summed E-state index contributed by atoms with van der Waals surface area (Å²) in [4.78, 5) is 12.9. The van der Waals surface area contributed by atoms with E-state index < -0.39 is 11.2 Å². The molecule has 2 aromatic carbocycles. The molecule has 0 aliphatic carbocycles. The van der Waals surface area contributed by atoms with Crippen LogP contribution in [0.5, 0.6) is 5.75 Å². The first-order valence-electron chi connectivity index (χ1n) is 8.63. The molecule has 28 heavy (non-hydrogen) atoms. The van der Waals surface area contributed by atoms with Gasteiger partial charge in [-0.2, -0.15) is 10.2 Å². The van der Waals surface area contributed by atoms with Crippen LogP contribution in [0, 0.1) is 12.7 Å². The quantitative estimate of drug-likeness (QED) is 0.547. The van der Waals surface area contributed by atoms with Gasteiger partial charge in [-0.1, -0.05) is 24.3 Å². The van der Waals surface area contributed by atoms with E-state index in [1.54, 1.807) is 29.1 Å². The van der Waals surface area contributed by atoms with Crippen molar-refractivity contribution in [3.05, 3.63) is 88.6 Å². The molecular weight excluding hydrogens is 359 g/mol. The fraction of sp³-hybridized carbons (Fsp3) is 0.0952. The van der Waals surface area contributed by atoms with Crippen molar-refractivity contribution in [1.29, 1.82) is 0 Å². The highest BCUT2D eigenvalue weighted by molar-refractivity contribution is 5.59. The van der Waals surface area contributed by atoms with E-state index in [-0.39, 0.29) is 17.1 Å². The van der Waals surface area contributed by atoms with E-state index in [0.29, 0.717) is 5.69 Å². The predicted molar refractivity (Wildman–Crippen MR) is 104 cm³/mol. The molecule has 0 saturated heterocycles. The second-order valence-corrected chi connectivity index (χ2v) is 6.24. The van der Waals surface area contributed by atoms with Gasteiger partial charge in [-0.25, -0.2) is 13.8 Å². The molecule has 7 heteroatoms. The summed E-state index contributed by atoms with van der Waals surface area (Å²) >= 11 is 0. The number of aryl methyl sites for hydroxylation is 1. The number of aromatic nitrogens is 4. The number of hydrogen-bond donors (Lipinski definition) is 0. The molecule has 0 aliphatic heterocycles. The Balaban J connectivity index is 1.96. The van der Waals surface area contributed by atoms with Crippen LogP contribution in [0.4, 0.5) is 4.39 Å². The smallest absolute Gasteiger partial charge is 0.251 e. The molecule has 0 spiro atoms. The molecule has 0 atom stereocenters. The number of nitrogens with zero attached hydrogens (tertiary/aromatic N) is 4. The molecule has 4 aromatic rings. The summed E-state index contributed by atoms with van der Waals surface area (Å²) < 4.78 is 22.6. The largest absolute Gasteiger partial charge is 0.491 e. The Morgan fingerprint density at radius 3 is 2.61 bits per heavy atom. The zero-order chi connectivity index (χ0) is 19.7. The highest BCUT2D eigenvalue weighted by Gasteiger charge is 2.18. The standard InChI is InChI=1S/C21H17FN4O2/c1-14-8-9-16(22)18(12-14)25-13-19(28-2)21(27)20(24-25)17-10-11-23-26(17)15-6-4-3-5-7-15/h3-13H,1-2H3. The fourth-order valence-corrected chi connectivity index (χ4v) is 2.96. The van der Waals surface area contributed by atoms with E-state index in [2.05, 4.69) is 10.2 Å². The number of methoxy groups -OCH3 is 1. The van der Waals surface area contributed by atoms with Gasteiger partial charge < -0.3 is 4.74 Å². The Labute approximate surface area is 160 Å². The van der Waals surface area contributed by atoms with Gasteiger partial charge in [0.15, 0.2) is 11.4 Å². The molecule has 2 aromatic heterocycles. The Hall–Kier alpha value is -3.74. The van der Waals surface area contributed by atoms with Crippen LogP contribution in [0.1, 0.15) is 5.56 Å². The van der Waals surface area contributed by atoms with Crippen molar-refractivity contribution in [2.75, 3.05) is 7.11 Å². The number of halogens is 1. The van der Waals surface area contributed by atoms with Crippen molar-refractivity contribution < 1.29 is 9.13 Å². The van der Waals surface area contributed by atoms with Crippen molar-refractivity contribution in [1.82, 2.24) is 19.6 Å². The van der Waals surface area contributed by atoms with Crippen molar-refractivity contribution in [2.45, 2.75) is 6.92 Å². The summed E-state index contributed by atoms with van der Waals surface area (Å²) in [7, 11) is 1.39. The monoisotopic (exact) mass is 376 g/mol. The number of ether oxygens (including phenoxy) is 1. The summed E-state index contributed by atoms with van der Waals surface area (Å²) in [6.45, 7) is 1.86. The minimum absolute atomic E-state index is 0.0618. The molecule has 0 amide bonds. The molecule has 2 heterocycles. The Kier molecular flexibility index (Phi) is 4.49. The average molecular weight is 376 g/mol. The third kappa shape index (κ3) is 3.07. The van der Waals surface area contributed by atoms with Gasteiger partial charge in [0.2, 0.25) is 0 Å². The van der Waals surface area contributed by atoms with Gasteiger partial charge >= 0.3 is 0 Å². The normalized spacial score (nSPS) is 10.8. The van der Waals surface area contributed by atoms with Crippen molar-refractivity contribution in [3.8, 4) is 28.5 Å². The second-order valence-electron chi connectivity index (χ2n) is 6.24. The first kappa shape index (κ1) is 17.7. The van der Waals surface area contributed by atoms with Crippen LogP contribution in [-0.4, -0.2) is 26.7 Å². The van der Waals surface area contributed by atoms with Crippen LogP contribution in [0.2, 0.25) is 0 Å². The molecule has 0 saturated carbocycles. The highest BCUT2D eigenvalue weighted by Crippen LogP contribution is 2.22. The molecule has 0 N–H and O–H groups in total. The summed E-state index contributed by atoms with van der Waals surface area (Å²) in [5.74, 6) is -0.391. The highest BCUT2D eigenvalue weighted by atomic mass is 19.1. The van der Waals surface area contributed by atoms with Crippen LogP contribution in [0.15, 0.2) is 71.8 Å². The Morgan fingerprint density at radius 2 is 1.86 bits per heavy atom. The molecule has 0 radical (unpaired) electrons. The molecule has 140 valence electrons. The number of benzene rings is 2. The maximum atomic E-state index is 14.4. The lowest BCUT2D eigenvalue weighted by molar-refractivity contribution is 0.405. The summed E-state index contributed by atoms with van der Waals surface area (Å²) in [6.07, 6.45) is 2.97. The zero-order valence-corrected chi connectivity index (χ0v) is 15.3. The molecule has 4 rings (SSSR count). The summed E-state index contributed by atoms with van der Waals surface area (Å²) in [5.41, 5.74) is 2.07. The topological polar surface area (TPSA) is 61.9 Å². The second kappa shape index (κ2) is 7.11. The van der Waals surface area contributed by atoms with E-state index in [1.807, 2.05) is 37.3 Å². The Morgan fingerprint density at radius 1 is 1.07 bits per heavy atom. The lowest BCUT2D eigenvalue weighted by Crippen LogP contribution is -2.18. The SMILES string of the molecule is COc1cn(-c2cc(C)ccc2F)nc(-c2ccnn2-c2ccccc2)c1=O. The first-order valence-corrected chi connectivity index (χ1v) is 8.63. The minimum Gasteiger partial charge on any atom is -0.491 e. The van der Waals surface area contributed by atoms with Crippen LogP contribution in [0.3, 0.4) is 0 Å². The minimum atomic E-state index is -0.452. The average Bonchev–Trinajstić information content (AvgIpc) is 3.20. The lowest BCUT2D eigenvalue weighted by Gasteiger charge is -2.13. The zero-order valence-electron chi connectivity index (χ0n) is 15.3. The van der Waals surface area contributed by atoms with Crippen LogP contribution < -0.4 is 10.2 Å². The number of rotatable bonds is 4. The third-order valence-corrected chi connectivity index (χ3v) is 4.34. The molecule has 0 fully saturated rings. The number of hydrogen-bond acceptors (Lipinski definition) is 4. The van der Waals surface area contributed by atoms with E-state index in [4.69, 9.17) is 4.74 Å². The van der Waals surface area contributed by atoms with Gasteiger partial charge in [0, 0.05) is 0 Å². The van der Waals surface area contributed by atoms with Crippen molar-refractivity contribution in [3.63, 3.8) is 0 Å². The van der Waals surface area contributed by atoms with Gasteiger partial charge in [0.25, 0.3) is 5.43 Å². The molecule has 0 aliphatic rings. The van der Waals surface area contributed by atoms with Crippen molar-refractivity contribution in [2.24, 2.45) is 0 Å². The van der Waals surface area contributed by atoms with E-state index in [0.717, 1.165) is 11.3 Å². The van der Waals surface area contributed by atoms with Crippen LogP contribution in [-0.2, 0) is 0 Å². The molecule has 0 unspecified atom stereocenters. The van der Waals surface area contributed by atoms with E-state index in [9.17, 15) is 9.18 Å². The van der Waals surface area contributed by atoms with Gasteiger partial charge in [0.1, 0.15) is 11.5 Å². The van der Waals surface area contributed by atoms with Crippen LogP contribution >= 0.6 is 0 Å². The van der Waals surface area contributed by atoms with Gasteiger partial charge in [-0.3, -0.25) is 4.79 Å². The third-order valence-electron chi connectivity index (χ3n) is 4.34. The van der Waals surface area contributed by atoms with E-state index in [1.165, 1.54) is 24.1 Å². The maximum absolute atomic E-state index is 14.4. The van der Waals surface area contributed by atoms with Crippen molar-refractivity contribution >= 4 is 0 Å². The van der Waals surface area contributed by atoms with Crippen LogP contribution in [0.25, 0.3) is 22.8 Å². The summed E-state index contributed by atoms with van der Waals surface area (Å²) in [6, 6.07) is 15.8. The Bertz CT molecular complexity index is 1200. The molecule has 6 nitrogen and oxygen atoms in total. The fourth-order valence-electron chi connectivity index (χ4n) is 2.96. The first-order chi connectivity index (χ1) is 13.6. The molecular formula is C21H17FN4O2. The lowest BCUT2D eigenvalue weighted by atomic mass is 10.2. The van der Waals surface area contributed by atoms with Gasteiger partial charge in [-0.05, 0) is 42.8 Å². The van der Waals surface area contributed by atoms with E-state index >= 15 is 0 Å².